The predicted octanol–water partition coefficient (Wildman–Crippen LogP) is 3.05. The van der Waals surface area contributed by atoms with Gasteiger partial charge in [-0.05, 0) is 12.1 Å². The summed E-state index contributed by atoms with van der Waals surface area (Å²) in [6.07, 6.45) is 1.52. The fourth-order valence-corrected chi connectivity index (χ4v) is 3.28. The summed E-state index contributed by atoms with van der Waals surface area (Å²) >= 11 is 7.43. The van der Waals surface area contributed by atoms with Crippen LogP contribution in [0.4, 0.5) is 5.69 Å². The van der Waals surface area contributed by atoms with Crippen LogP contribution in [-0.4, -0.2) is 11.1 Å². The van der Waals surface area contributed by atoms with Gasteiger partial charge < -0.3 is 15.6 Å². The van der Waals surface area contributed by atoms with E-state index in [0.717, 1.165) is 10.1 Å². The molecule has 0 aliphatic carbocycles. The summed E-state index contributed by atoms with van der Waals surface area (Å²) in [5, 5.41) is 7.58. The van der Waals surface area contributed by atoms with Crippen molar-refractivity contribution in [1.29, 1.82) is 0 Å². The Morgan fingerprint density at radius 2 is 2.30 bits per heavy atom. The quantitative estimate of drug-likeness (QED) is 0.779. The van der Waals surface area contributed by atoms with Crippen LogP contribution in [0.1, 0.15) is 15.4 Å². The molecule has 2 heterocycles. The molecule has 5 nitrogen and oxygen atoms in total. The van der Waals surface area contributed by atoms with E-state index in [9.17, 15) is 4.79 Å². The van der Waals surface area contributed by atoms with E-state index in [4.69, 9.17) is 21.9 Å². The number of carbonyl (C=O) groups excluding carboxylic acids is 1. The van der Waals surface area contributed by atoms with Gasteiger partial charge in [-0.1, -0.05) is 22.8 Å². The molecule has 0 saturated carbocycles. The monoisotopic (exact) mass is 307 g/mol. The van der Waals surface area contributed by atoms with Gasteiger partial charge in [0, 0.05) is 16.2 Å². The predicted molar refractivity (Wildman–Crippen MR) is 78.9 cm³/mol. The average Bonchev–Trinajstić information content (AvgIpc) is 3.05. The molecule has 1 amide bonds. The smallest absolute Gasteiger partial charge is 0.263 e. The van der Waals surface area contributed by atoms with Gasteiger partial charge in [-0.2, -0.15) is 0 Å². The fraction of sp³-hybridized carbons (Fsp3) is 0.0769. The van der Waals surface area contributed by atoms with Crippen molar-refractivity contribution in [3.63, 3.8) is 0 Å². The van der Waals surface area contributed by atoms with Gasteiger partial charge in [0.05, 0.1) is 23.5 Å². The Kier molecular flexibility index (Phi) is 3.33. The number of amides is 1. The Labute approximate surface area is 123 Å². The van der Waals surface area contributed by atoms with Crippen molar-refractivity contribution in [2.24, 2.45) is 0 Å². The van der Waals surface area contributed by atoms with E-state index in [1.807, 2.05) is 12.1 Å². The number of nitrogens with zero attached hydrogens (tertiary/aromatic N) is 1. The maximum Gasteiger partial charge on any atom is 0.263 e. The molecule has 0 saturated heterocycles. The van der Waals surface area contributed by atoms with Gasteiger partial charge in [0.2, 0.25) is 0 Å². The molecule has 20 heavy (non-hydrogen) atoms. The number of aromatic nitrogens is 1. The Morgan fingerprint density at radius 1 is 1.45 bits per heavy atom. The van der Waals surface area contributed by atoms with Gasteiger partial charge in [-0.3, -0.25) is 4.79 Å². The third-order valence-electron chi connectivity index (χ3n) is 2.82. The van der Waals surface area contributed by atoms with E-state index < -0.39 is 0 Å². The average molecular weight is 308 g/mol. The first kappa shape index (κ1) is 13.0. The molecule has 0 bridgehead atoms. The topological polar surface area (TPSA) is 81.2 Å². The van der Waals surface area contributed by atoms with Crippen molar-refractivity contribution in [3.8, 4) is 0 Å². The lowest BCUT2D eigenvalue weighted by Crippen LogP contribution is -2.22. The van der Waals surface area contributed by atoms with Crippen LogP contribution in [0.25, 0.3) is 10.1 Å². The Morgan fingerprint density at radius 3 is 3.00 bits per heavy atom. The lowest BCUT2D eigenvalue weighted by atomic mass is 10.2. The minimum Gasteiger partial charge on any atom is -0.397 e. The number of benzene rings is 1. The van der Waals surface area contributed by atoms with Crippen LogP contribution in [0.2, 0.25) is 5.02 Å². The van der Waals surface area contributed by atoms with Crippen LogP contribution >= 0.6 is 22.9 Å². The number of carbonyl (C=O) groups is 1. The molecule has 3 aromatic rings. The van der Waals surface area contributed by atoms with Crippen LogP contribution in [0.3, 0.4) is 0 Å². The van der Waals surface area contributed by atoms with Gasteiger partial charge in [0.25, 0.3) is 5.91 Å². The number of fused-ring (bicyclic) bond motifs is 1. The number of nitrogens with one attached hydrogen (secondary N) is 1. The van der Waals surface area contributed by atoms with Crippen LogP contribution < -0.4 is 11.1 Å². The first-order valence-electron chi connectivity index (χ1n) is 5.81. The molecular formula is C13H10ClN3O2S. The van der Waals surface area contributed by atoms with Gasteiger partial charge in [-0.25, -0.2) is 0 Å². The number of thiophene rings is 1. The van der Waals surface area contributed by atoms with E-state index in [2.05, 4.69) is 10.5 Å². The lowest BCUT2D eigenvalue weighted by Gasteiger charge is -2.01. The molecule has 0 radical (unpaired) electrons. The first-order valence-corrected chi connectivity index (χ1v) is 7.00. The number of halogens is 1. The minimum atomic E-state index is -0.254. The summed E-state index contributed by atoms with van der Waals surface area (Å²) < 4.78 is 5.80. The van der Waals surface area contributed by atoms with E-state index in [-0.39, 0.29) is 12.5 Å². The number of hydrogen-bond donors (Lipinski definition) is 2. The SMILES string of the molecule is Nc1c(C(=O)NCc2ccno2)sc2cccc(Cl)c12. The highest BCUT2D eigenvalue weighted by atomic mass is 35.5. The van der Waals surface area contributed by atoms with E-state index >= 15 is 0 Å². The van der Waals surface area contributed by atoms with Crippen molar-refractivity contribution in [3.05, 3.63) is 46.1 Å². The molecule has 7 heteroatoms. The molecular weight excluding hydrogens is 298 g/mol. The normalized spacial score (nSPS) is 10.8. The molecule has 0 aliphatic heterocycles. The summed E-state index contributed by atoms with van der Waals surface area (Å²) in [5.74, 6) is 0.326. The van der Waals surface area contributed by atoms with Crippen molar-refractivity contribution in [2.45, 2.75) is 6.54 Å². The molecule has 0 spiro atoms. The summed E-state index contributed by atoms with van der Waals surface area (Å²) in [6, 6.07) is 7.15. The molecule has 3 rings (SSSR count). The van der Waals surface area contributed by atoms with Gasteiger partial charge in [0.15, 0.2) is 5.76 Å². The maximum absolute atomic E-state index is 12.2. The zero-order valence-corrected chi connectivity index (χ0v) is 11.8. The number of nitrogens with two attached hydrogens (primary N) is 1. The van der Waals surface area contributed by atoms with Crippen molar-refractivity contribution < 1.29 is 9.32 Å². The molecule has 102 valence electrons. The van der Waals surface area contributed by atoms with Crippen LogP contribution in [-0.2, 0) is 6.54 Å². The number of anilines is 1. The first-order chi connectivity index (χ1) is 9.66. The van der Waals surface area contributed by atoms with E-state index in [1.165, 1.54) is 17.5 Å². The Balaban J connectivity index is 1.88. The van der Waals surface area contributed by atoms with Gasteiger partial charge >= 0.3 is 0 Å². The van der Waals surface area contributed by atoms with Crippen LogP contribution in [0.15, 0.2) is 35.0 Å². The zero-order valence-electron chi connectivity index (χ0n) is 10.2. The van der Waals surface area contributed by atoms with E-state index in [0.29, 0.717) is 21.3 Å². The van der Waals surface area contributed by atoms with Crippen molar-refractivity contribution >= 4 is 44.6 Å². The summed E-state index contributed by atoms with van der Waals surface area (Å²) in [7, 11) is 0. The second-order valence-corrected chi connectivity index (χ2v) is 5.58. The van der Waals surface area contributed by atoms with Crippen LogP contribution in [0.5, 0.6) is 0 Å². The third-order valence-corrected chi connectivity index (χ3v) is 4.31. The zero-order chi connectivity index (χ0) is 14.1. The second kappa shape index (κ2) is 5.15. The van der Waals surface area contributed by atoms with Crippen molar-refractivity contribution in [2.75, 3.05) is 5.73 Å². The molecule has 0 aliphatic rings. The molecule has 0 unspecified atom stereocenters. The highest BCUT2D eigenvalue weighted by molar-refractivity contribution is 7.21. The summed E-state index contributed by atoms with van der Waals surface area (Å²) in [4.78, 5) is 12.6. The number of hydrogen-bond acceptors (Lipinski definition) is 5. The lowest BCUT2D eigenvalue weighted by molar-refractivity contribution is 0.0952. The minimum absolute atomic E-state index is 0.254. The summed E-state index contributed by atoms with van der Waals surface area (Å²) in [5.41, 5.74) is 6.43. The molecule has 2 aromatic heterocycles. The fourth-order valence-electron chi connectivity index (χ4n) is 1.88. The standard InChI is InChI=1S/C13H10ClN3O2S/c14-8-2-1-3-9-10(8)11(15)12(20-9)13(18)16-6-7-4-5-17-19-7/h1-5H,6,15H2,(H,16,18). The van der Waals surface area contributed by atoms with Crippen LogP contribution in [0, 0.1) is 0 Å². The number of rotatable bonds is 3. The molecule has 0 fully saturated rings. The third kappa shape index (κ3) is 2.23. The molecule has 0 atom stereocenters. The highest BCUT2D eigenvalue weighted by Crippen LogP contribution is 2.37. The number of nitrogen functional groups attached to an aromatic ring is 1. The van der Waals surface area contributed by atoms with Crippen molar-refractivity contribution in [1.82, 2.24) is 10.5 Å². The summed E-state index contributed by atoms with van der Waals surface area (Å²) in [6.45, 7) is 0.264. The Bertz CT molecular complexity index is 767. The molecule has 1 aromatic carbocycles. The Hall–Kier alpha value is -2.05. The van der Waals surface area contributed by atoms with Gasteiger partial charge in [-0.15, -0.1) is 11.3 Å². The largest absolute Gasteiger partial charge is 0.397 e. The second-order valence-electron chi connectivity index (χ2n) is 4.12. The van der Waals surface area contributed by atoms with E-state index in [1.54, 1.807) is 12.1 Å². The maximum atomic E-state index is 12.2. The highest BCUT2D eigenvalue weighted by Gasteiger charge is 2.18. The molecule has 3 N–H and O–H groups in total. The van der Waals surface area contributed by atoms with Gasteiger partial charge in [0.1, 0.15) is 4.88 Å².